The second-order valence-electron chi connectivity index (χ2n) is 7.64. The highest BCUT2D eigenvalue weighted by atomic mass is 35.5. The molecule has 1 fully saturated rings. The molecule has 3 aromatic rings. The molecular weight excluding hydrogens is 469 g/mol. The van der Waals surface area contributed by atoms with E-state index in [1.54, 1.807) is 41.6 Å². The van der Waals surface area contributed by atoms with E-state index in [4.69, 9.17) is 16.3 Å². The Balaban J connectivity index is 1.38. The van der Waals surface area contributed by atoms with E-state index in [0.717, 1.165) is 23.3 Å². The van der Waals surface area contributed by atoms with Crippen LogP contribution in [0.25, 0.3) is 6.08 Å². The molecule has 1 N–H and O–H groups in total. The molecule has 3 heterocycles. The molecule has 1 aliphatic rings. The summed E-state index contributed by atoms with van der Waals surface area (Å²) in [6.45, 7) is 1.15. The van der Waals surface area contributed by atoms with Crippen LogP contribution in [-0.4, -0.2) is 34.0 Å². The number of nitrogens with one attached hydrogen (secondary N) is 1. The van der Waals surface area contributed by atoms with Gasteiger partial charge >= 0.3 is 12.2 Å². The number of ether oxygens (including phenoxy) is 1. The van der Waals surface area contributed by atoms with Gasteiger partial charge in [0.1, 0.15) is 5.75 Å². The lowest BCUT2D eigenvalue weighted by atomic mass is 10.0. The third kappa shape index (κ3) is 6.05. The predicted octanol–water partition coefficient (Wildman–Crippen LogP) is 6.65. The molecule has 2 aromatic heterocycles. The van der Waals surface area contributed by atoms with Crippen LogP contribution in [0.4, 0.5) is 23.7 Å². The summed E-state index contributed by atoms with van der Waals surface area (Å²) < 4.78 is 43.8. The molecule has 0 radical (unpaired) electrons. The minimum atomic E-state index is -4.47. The van der Waals surface area contributed by atoms with Crippen molar-refractivity contribution >= 4 is 29.4 Å². The first-order valence-electron chi connectivity index (χ1n) is 10.4. The number of carbonyl (C=O) groups is 1. The van der Waals surface area contributed by atoms with Crippen molar-refractivity contribution in [2.75, 3.05) is 18.4 Å². The summed E-state index contributed by atoms with van der Waals surface area (Å²) in [6, 6.07) is 10.6. The third-order valence-corrected chi connectivity index (χ3v) is 5.52. The van der Waals surface area contributed by atoms with E-state index < -0.39 is 11.7 Å². The molecule has 0 spiro atoms. The van der Waals surface area contributed by atoms with Gasteiger partial charge in [0.05, 0.1) is 22.5 Å². The number of hydrogen-bond acceptors (Lipinski definition) is 4. The largest absolute Gasteiger partial charge is 0.437 e. The molecule has 0 unspecified atom stereocenters. The number of nitrogens with zero attached hydrogens (tertiary/aromatic N) is 3. The highest BCUT2D eigenvalue weighted by molar-refractivity contribution is 6.32. The van der Waals surface area contributed by atoms with Crippen molar-refractivity contribution in [2.24, 2.45) is 0 Å². The fourth-order valence-corrected chi connectivity index (χ4v) is 3.58. The zero-order valence-corrected chi connectivity index (χ0v) is 18.6. The van der Waals surface area contributed by atoms with E-state index in [-0.39, 0.29) is 17.7 Å². The molecule has 0 saturated carbocycles. The van der Waals surface area contributed by atoms with Gasteiger partial charge in [-0.15, -0.1) is 0 Å². The van der Waals surface area contributed by atoms with Crippen LogP contribution < -0.4 is 10.1 Å². The molecule has 0 aliphatic carbocycles. The van der Waals surface area contributed by atoms with Crippen molar-refractivity contribution in [1.29, 1.82) is 0 Å². The average molecular weight is 489 g/mol. The maximum absolute atomic E-state index is 12.7. The van der Waals surface area contributed by atoms with Crippen LogP contribution in [-0.2, 0) is 6.18 Å². The molecule has 4 rings (SSSR count). The number of alkyl halides is 3. The van der Waals surface area contributed by atoms with Gasteiger partial charge in [0.25, 0.3) is 0 Å². The van der Waals surface area contributed by atoms with Crippen LogP contribution in [0.2, 0.25) is 5.02 Å². The molecule has 6 nitrogen and oxygen atoms in total. The van der Waals surface area contributed by atoms with Gasteiger partial charge in [-0.25, -0.2) is 9.78 Å². The van der Waals surface area contributed by atoms with Gasteiger partial charge in [-0.1, -0.05) is 29.3 Å². The highest BCUT2D eigenvalue weighted by Crippen LogP contribution is 2.33. The summed E-state index contributed by atoms with van der Waals surface area (Å²) in [5.74, 6) is 0.296. The van der Waals surface area contributed by atoms with Crippen molar-refractivity contribution in [3.05, 3.63) is 82.8 Å². The van der Waals surface area contributed by atoms with Gasteiger partial charge in [0, 0.05) is 31.5 Å². The molecule has 34 heavy (non-hydrogen) atoms. The van der Waals surface area contributed by atoms with Gasteiger partial charge < -0.3 is 15.0 Å². The van der Waals surface area contributed by atoms with E-state index in [0.29, 0.717) is 42.8 Å². The van der Waals surface area contributed by atoms with Crippen molar-refractivity contribution < 1.29 is 22.7 Å². The Labute approximate surface area is 199 Å². The summed E-state index contributed by atoms with van der Waals surface area (Å²) >= 11 is 6.20. The Morgan fingerprint density at radius 2 is 1.91 bits per heavy atom. The average Bonchev–Trinajstić information content (AvgIpc) is 2.82. The lowest BCUT2D eigenvalue weighted by Crippen LogP contribution is -2.39. The van der Waals surface area contributed by atoms with Crippen LogP contribution >= 0.6 is 11.6 Å². The Morgan fingerprint density at radius 1 is 1.12 bits per heavy atom. The summed E-state index contributed by atoms with van der Waals surface area (Å²) in [5.41, 5.74) is 1.77. The number of rotatable bonds is 4. The number of hydrogen-bond donors (Lipinski definition) is 1. The monoisotopic (exact) mass is 488 g/mol. The first-order chi connectivity index (χ1) is 16.3. The number of amides is 2. The van der Waals surface area contributed by atoms with Gasteiger partial charge in [-0.05, 0) is 48.7 Å². The second-order valence-corrected chi connectivity index (χ2v) is 8.04. The summed E-state index contributed by atoms with van der Waals surface area (Å²) in [6.07, 6.45) is 2.89. The Morgan fingerprint density at radius 3 is 2.56 bits per heavy atom. The predicted molar refractivity (Wildman–Crippen MR) is 123 cm³/mol. The molecule has 10 heteroatoms. The van der Waals surface area contributed by atoms with Crippen LogP contribution in [0.5, 0.6) is 11.6 Å². The van der Waals surface area contributed by atoms with Crippen molar-refractivity contribution in [1.82, 2.24) is 14.9 Å². The highest BCUT2D eigenvalue weighted by Gasteiger charge is 2.30. The summed E-state index contributed by atoms with van der Waals surface area (Å²) in [5, 5.41) is 3.14. The number of benzene rings is 1. The molecule has 1 saturated heterocycles. The fraction of sp³-hybridized carbons (Fsp3) is 0.208. The third-order valence-electron chi connectivity index (χ3n) is 5.21. The molecule has 1 aliphatic heterocycles. The SMILES string of the molecule is O=C(Nc1cccnc1)N1CCC(=Cc2ccc(Cl)c(Oc3ccc(C(F)(F)F)cn3)c2)CC1. The zero-order chi connectivity index (χ0) is 24.1. The van der Waals surface area contributed by atoms with Gasteiger partial charge in [0.2, 0.25) is 5.88 Å². The van der Waals surface area contributed by atoms with Crippen LogP contribution in [0.15, 0.2) is 66.6 Å². The first-order valence-corrected chi connectivity index (χ1v) is 10.8. The van der Waals surface area contributed by atoms with E-state index in [1.165, 1.54) is 0 Å². The van der Waals surface area contributed by atoms with Crippen molar-refractivity contribution in [2.45, 2.75) is 19.0 Å². The fourth-order valence-electron chi connectivity index (χ4n) is 3.43. The van der Waals surface area contributed by atoms with Crippen LogP contribution in [0.3, 0.4) is 0 Å². The molecule has 0 bridgehead atoms. The normalized spacial score (nSPS) is 14.0. The molecular formula is C24H20ClF3N4O2. The quantitative estimate of drug-likeness (QED) is 0.446. The van der Waals surface area contributed by atoms with Crippen molar-refractivity contribution in [3.63, 3.8) is 0 Å². The van der Waals surface area contributed by atoms with E-state index >= 15 is 0 Å². The number of likely N-dealkylation sites (tertiary alicyclic amines) is 1. The molecule has 176 valence electrons. The lowest BCUT2D eigenvalue weighted by Gasteiger charge is -2.28. The molecule has 0 atom stereocenters. The van der Waals surface area contributed by atoms with E-state index in [9.17, 15) is 18.0 Å². The number of anilines is 1. The number of piperidine rings is 1. The number of pyridine rings is 2. The summed E-state index contributed by atoms with van der Waals surface area (Å²) in [7, 11) is 0. The van der Waals surface area contributed by atoms with E-state index in [2.05, 4.69) is 15.3 Å². The Hall–Kier alpha value is -3.59. The number of aromatic nitrogens is 2. The van der Waals surface area contributed by atoms with Crippen LogP contribution in [0, 0.1) is 0 Å². The number of halogens is 4. The van der Waals surface area contributed by atoms with Gasteiger partial charge in [0.15, 0.2) is 0 Å². The standard InChI is InChI=1S/C24H20ClF3N4O2/c25-20-5-3-17(13-21(20)34-22-6-4-18(14-30-22)24(26,27)28)12-16-7-10-32(11-8-16)23(33)31-19-2-1-9-29-15-19/h1-6,9,12-15H,7-8,10-11H2,(H,31,33). The first kappa shape index (κ1) is 23.6. The summed E-state index contributed by atoms with van der Waals surface area (Å²) in [4.78, 5) is 21.9. The topological polar surface area (TPSA) is 67.4 Å². The minimum absolute atomic E-state index is 0.00707. The maximum atomic E-state index is 12.7. The van der Waals surface area contributed by atoms with Gasteiger partial charge in [-0.3, -0.25) is 4.98 Å². The zero-order valence-electron chi connectivity index (χ0n) is 17.8. The van der Waals surface area contributed by atoms with E-state index in [1.807, 2.05) is 12.1 Å². The minimum Gasteiger partial charge on any atom is -0.437 e. The second kappa shape index (κ2) is 10.1. The van der Waals surface area contributed by atoms with Gasteiger partial charge in [-0.2, -0.15) is 13.2 Å². The number of urea groups is 1. The Bertz CT molecular complexity index is 1180. The van der Waals surface area contributed by atoms with Crippen LogP contribution in [0.1, 0.15) is 24.0 Å². The maximum Gasteiger partial charge on any atom is 0.417 e. The molecule has 2 amide bonds. The molecule has 1 aromatic carbocycles. The number of carbonyl (C=O) groups excluding carboxylic acids is 1. The van der Waals surface area contributed by atoms with Crippen molar-refractivity contribution in [3.8, 4) is 11.6 Å². The Kier molecular flexibility index (Phi) is 7.02. The smallest absolute Gasteiger partial charge is 0.417 e. The lowest BCUT2D eigenvalue weighted by molar-refractivity contribution is -0.137.